The van der Waals surface area contributed by atoms with E-state index in [1.54, 1.807) is 24.4 Å². The van der Waals surface area contributed by atoms with Crippen LogP contribution < -0.4 is 9.64 Å². The summed E-state index contributed by atoms with van der Waals surface area (Å²) in [6, 6.07) is 6.61. The molecule has 2 aromatic heterocycles. The van der Waals surface area contributed by atoms with Crippen molar-refractivity contribution >= 4 is 15.5 Å². The third-order valence-electron chi connectivity index (χ3n) is 5.59. The molecule has 0 N–H and O–H groups in total. The van der Waals surface area contributed by atoms with Crippen molar-refractivity contribution in [3.05, 3.63) is 65.4 Å². The average Bonchev–Trinajstić information content (AvgIpc) is 2.79. The number of fused-ring (bicyclic) bond motifs is 1. The fraction of sp³-hybridized carbons (Fsp3) is 0.375. The number of pyridine rings is 1. The van der Waals surface area contributed by atoms with Crippen LogP contribution in [0.2, 0.25) is 0 Å². The van der Waals surface area contributed by atoms with Crippen molar-refractivity contribution in [2.24, 2.45) is 0 Å². The normalized spacial score (nSPS) is 13.6. The molecular weight excluding hydrogens is 462 g/mol. The summed E-state index contributed by atoms with van der Waals surface area (Å²) in [6.07, 6.45) is 4.51. The number of benzene rings is 1. The Morgan fingerprint density at radius 2 is 1.91 bits per heavy atom. The summed E-state index contributed by atoms with van der Waals surface area (Å²) >= 11 is 0. The second-order valence-corrected chi connectivity index (χ2v) is 10.9. The Morgan fingerprint density at radius 3 is 2.59 bits per heavy atom. The standard InChI is InChI=1S/C24H26F2N4O3S/c1-15(2)30-7-8-33-24-19(25)10-17(11-21(24)30)23-20(26)14-28-22(29-23)12-18-5-4-16(13-27-18)6-9-34(3,31)32/h4-5,10-11,13-15H,6-9,12H2,1-3H3. The Hall–Kier alpha value is -3.14. The first kappa shape index (κ1) is 24.0. The molecule has 1 aliphatic heterocycles. The molecule has 0 saturated carbocycles. The van der Waals surface area contributed by atoms with Crippen molar-refractivity contribution < 1.29 is 21.9 Å². The maximum Gasteiger partial charge on any atom is 0.178 e. The highest BCUT2D eigenvalue weighted by molar-refractivity contribution is 7.90. The maximum absolute atomic E-state index is 14.8. The molecule has 4 rings (SSSR count). The summed E-state index contributed by atoms with van der Waals surface area (Å²) in [5.41, 5.74) is 2.33. The van der Waals surface area contributed by atoms with Crippen LogP contribution in [-0.4, -0.2) is 54.6 Å². The van der Waals surface area contributed by atoms with Crippen LogP contribution in [0.1, 0.15) is 30.9 Å². The van der Waals surface area contributed by atoms with Gasteiger partial charge in [0, 0.05) is 29.8 Å². The molecule has 34 heavy (non-hydrogen) atoms. The largest absolute Gasteiger partial charge is 0.486 e. The zero-order chi connectivity index (χ0) is 24.5. The average molecular weight is 489 g/mol. The van der Waals surface area contributed by atoms with Crippen LogP contribution in [0, 0.1) is 11.6 Å². The molecular formula is C24H26F2N4O3S. The Kier molecular flexibility index (Phi) is 6.79. The number of anilines is 1. The molecule has 1 aliphatic rings. The Bertz CT molecular complexity index is 1300. The summed E-state index contributed by atoms with van der Waals surface area (Å²) < 4.78 is 57.7. The van der Waals surface area contributed by atoms with E-state index in [9.17, 15) is 17.2 Å². The van der Waals surface area contributed by atoms with Gasteiger partial charge < -0.3 is 9.64 Å². The SMILES string of the molecule is CC(C)N1CCOc2c(F)cc(-c3nc(Cc4ccc(CCS(C)(=O)=O)cn4)ncc3F)cc21. The van der Waals surface area contributed by atoms with Gasteiger partial charge in [0.1, 0.15) is 28.0 Å². The number of halogens is 2. The zero-order valence-electron chi connectivity index (χ0n) is 19.3. The zero-order valence-corrected chi connectivity index (χ0v) is 20.1. The number of rotatable bonds is 7. The minimum atomic E-state index is -3.05. The monoisotopic (exact) mass is 488 g/mol. The first-order chi connectivity index (χ1) is 16.1. The molecule has 3 aromatic rings. The first-order valence-corrected chi connectivity index (χ1v) is 13.0. The maximum atomic E-state index is 14.8. The molecule has 10 heteroatoms. The Balaban J connectivity index is 1.60. The number of ether oxygens (including phenoxy) is 1. The van der Waals surface area contributed by atoms with E-state index in [4.69, 9.17) is 4.74 Å². The molecule has 0 radical (unpaired) electrons. The predicted molar refractivity (Wildman–Crippen MR) is 126 cm³/mol. The van der Waals surface area contributed by atoms with Gasteiger partial charge in [0.2, 0.25) is 0 Å². The number of aryl methyl sites for hydroxylation is 1. The predicted octanol–water partition coefficient (Wildman–Crippen LogP) is 3.60. The third kappa shape index (κ3) is 5.49. The van der Waals surface area contributed by atoms with E-state index < -0.39 is 21.5 Å². The van der Waals surface area contributed by atoms with E-state index in [1.807, 2.05) is 18.7 Å². The lowest BCUT2D eigenvalue weighted by molar-refractivity contribution is 0.287. The van der Waals surface area contributed by atoms with Crippen molar-refractivity contribution in [3.8, 4) is 17.0 Å². The molecule has 0 saturated heterocycles. The third-order valence-corrected chi connectivity index (χ3v) is 6.54. The van der Waals surface area contributed by atoms with Crippen molar-refractivity contribution in [2.75, 3.05) is 30.1 Å². The number of nitrogens with zero attached hydrogens (tertiary/aromatic N) is 4. The van der Waals surface area contributed by atoms with Gasteiger partial charge in [-0.25, -0.2) is 27.2 Å². The molecule has 0 amide bonds. The lowest BCUT2D eigenvalue weighted by Gasteiger charge is -2.34. The molecule has 3 heterocycles. The summed E-state index contributed by atoms with van der Waals surface area (Å²) in [7, 11) is -3.05. The molecule has 0 atom stereocenters. The van der Waals surface area contributed by atoms with Gasteiger partial charge in [-0.1, -0.05) is 6.07 Å². The van der Waals surface area contributed by atoms with Gasteiger partial charge in [0.05, 0.1) is 30.6 Å². The molecule has 7 nitrogen and oxygen atoms in total. The van der Waals surface area contributed by atoms with E-state index in [1.165, 1.54) is 12.3 Å². The molecule has 0 aliphatic carbocycles. The van der Waals surface area contributed by atoms with E-state index in [0.29, 0.717) is 42.3 Å². The van der Waals surface area contributed by atoms with E-state index >= 15 is 0 Å². The minimum absolute atomic E-state index is 0.00533. The highest BCUT2D eigenvalue weighted by atomic mass is 32.2. The van der Waals surface area contributed by atoms with Crippen molar-refractivity contribution in [1.29, 1.82) is 0 Å². The van der Waals surface area contributed by atoms with Crippen LogP contribution in [0.4, 0.5) is 14.5 Å². The number of hydrogen-bond donors (Lipinski definition) is 0. The topological polar surface area (TPSA) is 85.3 Å². The van der Waals surface area contributed by atoms with Crippen LogP contribution in [0.5, 0.6) is 5.75 Å². The smallest absolute Gasteiger partial charge is 0.178 e. The van der Waals surface area contributed by atoms with Gasteiger partial charge in [-0.15, -0.1) is 0 Å². The Labute approximate surface area is 197 Å². The van der Waals surface area contributed by atoms with Crippen LogP contribution in [0.3, 0.4) is 0 Å². The fourth-order valence-electron chi connectivity index (χ4n) is 3.84. The second-order valence-electron chi connectivity index (χ2n) is 8.64. The lowest BCUT2D eigenvalue weighted by atomic mass is 10.1. The number of aromatic nitrogens is 3. The van der Waals surface area contributed by atoms with E-state index in [-0.39, 0.29) is 29.7 Å². The number of hydrogen-bond acceptors (Lipinski definition) is 7. The highest BCUT2D eigenvalue weighted by Gasteiger charge is 2.25. The number of sulfone groups is 1. The highest BCUT2D eigenvalue weighted by Crippen LogP contribution is 2.39. The van der Waals surface area contributed by atoms with Crippen molar-refractivity contribution in [1.82, 2.24) is 15.0 Å². The summed E-state index contributed by atoms with van der Waals surface area (Å²) in [6.45, 7) is 5.00. The van der Waals surface area contributed by atoms with Crippen molar-refractivity contribution in [2.45, 2.75) is 32.7 Å². The fourth-order valence-corrected chi connectivity index (χ4v) is 4.45. The Morgan fingerprint density at radius 1 is 1.12 bits per heavy atom. The van der Waals surface area contributed by atoms with E-state index in [0.717, 1.165) is 11.8 Å². The molecule has 1 aromatic carbocycles. The van der Waals surface area contributed by atoms with Crippen LogP contribution >= 0.6 is 0 Å². The molecule has 0 bridgehead atoms. The van der Waals surface area contributed by atoms with Crippen molar-refractivity contribution in [3.63, 3.8) is 0 Å². The quantitative estimate of drug-likeness (QED) is 0.502. The molecule has 0 unspecified atom stereocenters. The van der Waals surface area contributed by atoms with Gasteiger partial charge in [-0.05, 0) is 44.0 Å². The first-order valence-electron chi connectivity index (χ1n) is 11.0. The molecule has 0 fully saturated rings. The molecule has 0 spiro atoms. The van der Waals surface area contributed by atoms with Crippen LogP contribution in [-0.2, 0) is 22.7 Å². The van der Waals surface area contributed by atoms with Gasteiger partial charge >= 0.3 is 0 Å². The van der Waals surface area contributed by atoms with Gasteiger partial charge in [0.15, 0.2) is 17.4 Å². The minimum Gasteiger partial charge on any atom is -0.486 e. The summed E-state index contributed by atoms with van der Waals surface area (Å²) in [5.74, 6) is -0.667. The van der Waals surface area contributed by atoms with Crippen LogP contribution in [0.25, 0.3) is 11.3 Å². The summed E-state index contributed by atoms with van der Waals surface area (Å²) in [4.78, 5) is 14.8. The van der Waals surface area contributed by atoms with Gasteiger partial charge in [-0.3, -0.25) is 4.98 Å². The van der Waals surface area contributed by atoms with Crippen LogP contribution in [0.15, 0.2) is 36.7 Å². The second kappa shape index (κ2) is 9.61. The van der Waals surface area contributed by atoms with E-state index in [2.05, 4.69) is 15.0 Å². The van der Waals surface area contributed by atoms with Gasteiger partial charge in [-0.2, -0.15) is 0 Å². The summed E-state index contributed by atoms with van der Waals surface area (Å²) in [5, 5.41) is 0. The molecule has 180 valence electrons. The lowest BCUT2D eigenvalue weighted by Crippen LogP contribution is -2.38. The van der Waals surface area contributed by atoms with Gasteiger partial charge in [0.25, 0.3) is 0 Å².